The molecule has 0 bridgehead atoms. The zero-order valence-electron chi connectivity index (χ0n) is 18.4. The molecule has 33 heavy (non-hydrogen) atoms. The van der Waals surface area contributed by atoms with Gasteiger partial charge in [0.1, 0.15) is 5.82 Å². The second-order valence-corrected chi connectivity index (χ2v) is 9.21. The van der Waals surface area contributed by atoms with Gasteiger partial charge in [0, 0.05) is 35.9 Å². The Morgan fingerprint density at radius 3 is 2.82 bits per heavy atom. The molecule has 5 rings (SSSR count). The summed E-state index contributed by atoms with van der Waals surface area (Å²) in [5.41, 5.74) is 3.25. The number of nitrogens with one attached hydrogen (secondary N) is 1. The van der Waals surface area contributed by atoms with Crippen molar-refractivity contribution in [2.24, 2.45) is 0 Å². The molecule has 3 aromatic rings. The van der Waals surface area contributed by atoms with E-state index in [1.807, 2.05) is 34.6 Å². The van der Waals surface area contributed by atoms with Crippen LogP contribution in [-0.4, -0.2) is 70.3 Å². The number of aliphatic hydroxyl groups excluding tert-OH is 1. The summed E-state index contributed by atoms with van der Waals surface area (Å²) in [6, 6.07) is 10.1. The highest BCUT2D eigenvalue weighted by atomic mass is 35.5. The average molecular weight is 472 g/mol. The lowest BCUT2D eigenvalue weighted by atomic mass is 10.0. The van der Waals surface area contributed by atoms with E-state index < -0.39 is 0 Å². The molecular formula is C24H27ClFN5O2. The van der Waals surface area contributed by atoms with Gasteiger partial charge in [-0.1, -0.05) is 17.7 Å². The van der Waals surface area contributed by atoms with Crippen molar-refractivity contribution < 1.29 is 14.3 Å². The lowest BCUT2D eigenvalue weighted by molar-refractivity contribution is -0.139. The lowest BCUT2D eigenvalue weighted by Gasteiger charge is -2.44. The third kappa shape index (κ3) is 4.07. The van der Waals surface area contributed by atoms with Gasteiger partial charge in [-0.15, -0.1) is 0 Å². The van der Waals surface area contributed by atoms with E-state index in [4.69, 9.17) is 11.6 Å². The number of hydrogen-bond acceptors (Lipinski definition) is 5. The Morgan fingerprint density at radius 1 is 1.30 bits per heavy atom. The number of imidazole rings is 1. The van der Waals surface area contributed by atoms with Crippen LogP contribution in [0.1, 0.15) is 24.9 Å². The summed E-state index contributed by atoms with van der Waals surface area (Å²) in [4.78, 5) is 21.2. The molecule has 9 heteroatoms. The first-order valence-corrected chi connectivity index (χ1v) is 11.6. The number of amides is 1. The minimum Gasteiger partial charge on any atom is -0.394 e. The maximum atomic E-state index is 14.5. The van der Waals surface area contributed by atoms with Gasteiger partial charge < -0.3 is 24.8 Å². The Bertz CT molecular complexity index is 1180. The van der Waals surface area contributed by atoms with Crippen LogP contribution in [-0.2, 0) is 4.79 Å². The molecule has 2 aliphatic rings. The zero-order valence-corrected chi connectivity index (χ0v) is 19.2. The molecule has 7 nitrogen and oxygen atoms in total. The Balaban J connectivity index is 1.40. The molecule has 1 amide bonds. The Kier molecular flexibility index (Phi) is 5.99. The largest absolute Gasteiger partial charge is 0.394 e. The SMILES string of the molecule is CC(c1ccc(Cl)cc1F)n1cnc2ccc(N3CCN(C(=O)[C@H]4CCN4)[C@H](CO)C3)cc21. The molecule has 0 saturated carbocycles. The van der Waals surface area contributed by atoms with E-state index in [-0.39, 0.29) is 36.5 Å². The van der Waals surface area contributed by atoms with Crippen molar-refractivity contribution in [1.82, 2.24) is 19.8 Å². The number of fused-ring (bicyclic) bond motifs is 1. The number of hydrogen-bond donors (Lipinski definition) is 2. The molecule has 2 saturated heterocycles. The molecule has 1 unspecified atom stereocenters. The molecule has 2 fully saturated rings. The second kappa shape index (κ2) is 8.93. The number of piperazine rings is 1. The van der Waals surface area contributed by atoms with Crippen LogP contribution in [0.25, 0.3) is 11.0 Å². The van der Waals surface area contributed by atoms with Crippen molar-refractivity contribution in [3.63, 3.8) is 0 Å². The second-order valence-electron chi connectivity index (χ2n) is 8.78. The monoisotopic (exact) mass is 471 g/mol. The summed E-state index contributed by atoms with van der Waals surface area (Å²) in [7, 11) is 0. The zero-order chi connectivity index (χ0) is 23.1. The number of nitrogens with zero attached hydrogens (tertiary/aromatic N) is 4. The van der Waals surface area contributed by atoms with Crippen LogP contribution in [0, 0.1) is 5.82 Å². The van der Waals surface area contributed by atoms with Gasteiger partial charge in [0.15, 0.2) is 0 Å². The standard InChI is InChI=1S/C24H27ClFN5O2/c1-15(19-4-2-16(25)10-20(19)26)31-14-28-21-5-3-17(11-23(21)31)29-8-9-30(18(12-29)13-32)24(33)22-6-7-27-22/h2-5,10-11,14-15,18,22,27,32H,6-9,12-13H2,1H3/t15?,18-,22+/m0/s1. The summed E-state index contributed by atoms with van der Waals surface area (Å²) < 4.78 is 16.5. The summed E-state index contributed by atoms with van der Waals surface area (Å²) in [6.45, 7) is 4.51. The topological polar surface area (TPSA) is 73.6 Å². The van der Waals surface area contributed by atoms with E-state index in [1.54, 1.807) is 18.5 Å². The van der Waals surface area contributed by atoms with Crippen molar-refractivity contribution in [3.8, 4) is 0 Å². The Morgan fingerprint density at radius 2 is 2.12 bits per heavy atom. The van der Waals surface area contributed by atoms with Crippen LogP contribution in [0.15, 0.2) is 42.7 Å². The minimum absolute atomic E-state index is 0.0762. The number of aliphatic hydroxyl groups is 1. The van der Waals surface area contributed by atoms with Gasteiger partial charge in [0.2, 0.25) is 5.91 Å². The van der Waals surface area contributed by atoms with Gasteiger partial charge in [-0.05, 0) is 50.2 Å². The maximum absolute atomic E-state index is 14.5. The number of anilines is 1. The van der Waals surface area contributed by atoms with Crippen LogP contribution < -0.4 is 10.2 Å². The molecule has 2 aliphatic heterocycles. The van der Waals surface area contributed by atoms with Gasteiger partial charge in [0.25, 0.3) is 0 Å². The van der Waals surface area contributed by atoms with Gasteiger partial charge >= 0.3 is 0 Å². The Hall–Kier alpha value is -2.68. The number of rotatable bonds is 5. The highest BCUT2D eigenvalue weighted by Gasteiger charge is 2.36. The third-order valence-electron chi connectivity index (χ3n) is 6.85. The smallest absolute Gasteiger partial charge is 0.240 e. The van der Waals surface area contributed by atoms with Crippen molar-refractivity contribution >= 4 is 34.2 Å². The van der Waals surface area contributed by atoms with Crippen molar-refractivity contribution in [2.45, 2.75) is 31.5 Å². The predicted molar refractivity (Wildman–Crippen MR) is 126 cm³/mol. The molecule has 0 radical (unpaired) electrons. The molecule has 1 aromatic heterocycles. The molecule has 2 aromatic carbocycles. The van der Waals surface area contributed by atoms with Crippen molar-refractivity contribution in [3.05, 3.63) is 59.1 Å². The molecule has 174 valence electrons. The molecule has 0 spiro atoms. The first-order chi connectivity index (χ1) is 16.0. The Labute approximate surface area is 196 Å². The van der Waals surface area contributed by atoms with Gasteiger partial charge in [-0.3, -0.25) is 4.79 Å². The van der Waals surface area contributed by atoms with Crippen molar-refractivity contribution in [1.29, 1.82) is 0 Å². The van der Waals surface area contributed by atoms with Gasteiger partial charge in [0.05, 0.1) is 42.1 Å². The quantitative estimate of drug-likeness (QED) is 0.598. The summed E-state index contributed by atoms with van der Waals surface area (Å²) in [5, 5.41) is 13.5. The highest BCUT2D eigenvalue weighted by molar-refractivity contribution is 6.30. The predicted octanol–water partition coefficient (Wildman–Crippen LogP) is 2.81. The van der Waals surface area contributed by atoms with Crippen LogP contribution in [0.4, 0.5) is 10.1 Å². The molecule has 0 aliphatic carbocycles. The van der Waals surface area contributed by atoms with E-state index in [1.165, 1.54) is 6.07 Å². The van der Waals surface area contributed by atoms with Crippen molar-refractivity contribution in [2.75, 3.05) is 37.7 Å². The average Bonchev–Trinajstić information content (AvgIpc) is 3.20. The third-order valence-corrected chi connectivity index (χ3v) is 7.09. The molecular weight excluding hydrogens is 445 g/mol. The number of carbonyl (C=O) groups is 1. The highest BCUT2D eigenvalue weighted by Crippen LogP contribution is 2.30. The molecule has 3 heterocycles. The fourth-order valence-corrected chi connectivity index (χ4v) is 4.90. The first kappa shape index (κ1) is 22.1. The summed E-state index contributed by atoms with van der Waals surface area (Å²) in [5.74, 6) is -0.271. The van der Waals surface area contributed by atoms with E-state index in [0.29, 0.717) is 30.2 Å². The fourth-order valence-electron chi connectivity index (χ4n) is 4.75. The van der Waals surface area contributed by atoms with E-state index in [9.17, 15) is 14.3 Å². The lowest BCUT2D eigenvalue weighted by Crippen LogP contribution is -2.63. The maximum Gasteiger partial charge on any atom is 0.240 e. The van der Waals surface area contributed by atoms with Gasteiger partial charge in [-0.2, -0.15) is 0 Å². The normalized spacial score (nSPS) is 21.8. The summed E-state index contributed by atoms with van der Waals surface area (Å²) in [6.07, 6.45) is 2.58. The molecule has 2 N–H and O–H groups in total. The van der Waals surface area contributed by atoms with Crippen LogP contribution in [0.3, 0.4) is 0 Å². The van der Waals surface area contributed by atoms with Crippen LogP contribution in [0.2, 0.25) is 5.02 Å². The van der Waals surface area contributed by atoms with Crippen LogP contribution in [0.5, 0.6) is 0 Å². The first-order valence-electron chi connectivity index (χ1n) is 11.3. The van der Waals surface area contributed by atoms with E-state index >= 15 is 0 Å². The number of carbonyl (C=O) groups excluding carboxylic acids is 1. The molecule has 3 atom stereocenters. The van der Waals surface area contributed by atoms with Gasteiger partial charge in [-0.25, -0.2) is 9.37 Å². The minimum atomic E-state index is -0.347. The number of benzene rings is 2. The van der Waals surface area contributed by atoms with Crippen LogP contribution >= 0.6 is 11.6 Å². The summed E-state index contributed by atoms with van der Waals surface area (Å²) >= 11 is 5.92. The van der Waals surface area contributed by atoms with E-state index in [2.05, 4.69) is 15.2 Å². The number of aromatic nitrogens is 2. The number of halogens is 2. The fraction of sp³-hybridized carbons (Fsp3) is 0.417. The van der Waals surface area contributed by atoms with E-state index in [0.717, 1.165) is 29.7 Å².